The Morgan fingerprint density at radius 2 is 1.72 bits per heavy atom. The molecule has 2 N–H and O–H groups in total. The van der Waals surface area contributed by atoms with Crippen molar-refractivity contribution in [3.63, 3.8) is 0 Å². The van der Waals surface area contributed by atoms with E-state index in [-0.39, 0.29) is 5.69 Å². The van der Waals surface area contributed by atoms with Crippen LogP contribution in [0.2, 0.25) is 5.02 Å². The third-order valence-electron chi connectivity index (χ3n) is 3.18. The highest BCUT2D eigenvalue weighted by Crippen LogP contribution is 2.20. The van der Waals surface area contributed by atoms with E-state index < -0.39 is 23.2 Å². The lowest BCUT2D eigenvalue weighted by atomic mass is 10.2. The molecule has 5 nitrogen and oxygen atoms in total. The highest BCUT2D eigenvalue weighted by Gasteiger charge is 2.14. The van der Waals surface area contributed by atoms with Gasteiger partial charge in [-0.1, -0.05) is 23.7 Å². The van der Waals surface area contributed by atoms with Crippen LogP contribution in [0.4, 0.5) is 26.0 Å². The van der Waals surface area contributed by atoms with Crippen molar-refractivity contribution >= 4 is 34.7 Å². The van der Waals surface area contributed by atoms with Gasteiger partial charge in [0.25, 0.3) is 5.91 Å². The Balaban J connectivity index is 1.72. The molecule has 2 aromatic carbocycles. The molecular formula is C17H11ClF2N4O. The summed E-state index contributed by atoms with van der Waals surface area (Å²) >= 11 is 5.89. The highest BCUT2D eigenvalue weighted by atomic mass is 35.5. The van der Waals surface area contributed by atoms with Gasteiger partial charge in [-0.05, 0) is 30.3 Å². The van der Waals surface area contributed by atoms with Crippen molar-refractivity contribution < 1.29 is 13.6 Å². The Labute approximate surface area is 146 Å². The number of nitrogens with zero attached hydrogens (tertiary/aromatic N) is 2. The molecule has 0 aliphatic heterocycles. The SMILES string of the molecule is O=C(Nc1c(F)cccc1F)c1cnc(Nc2cccc(Cl)c2)cn1. The molecule has 1 heterocycles. The third-order valence-corrected chi connectivity index (χ3v) is 3.42. The van der Waals surface area contributed by atoms with Crippen LogP contribution in [0, 0.1) is 11.6 Å². The molecule has 1 aromatic heterocycles. The van der Waals surface area contributed by atoms with Crippen molar-refractivity contribution in [3.8, 4) is 0 Å². The van der Waals surface area contributed by atoms with Crippen LogP contribution in [0.3, 0.4) is 0 Å². The molecule has 0 spiro atoms. The van der Waals surface area contributed by atoms with Gasteiger partial charge in [0.15, 0.2) is 0 Å². The van der Waals surface area contributed by atoms with Crippen molar-refractivity contribution in [2.45, 2.75) is 0 Å². The molecule has 3 rings (SSSR count). The molecule has 25 heavy (non-hydrogen) atoms. The molecule has 3 aromatic rings. The van der Waals surface area contributed by atoms with E-state index in [1.165, 1.54) is 18.5 Å². The first-order valence-electron chi connectivity index (χ1n) is 7.13. The first-order valence-corrected chi connectivity index (χ1v) is 7.51. The number of carbonyl (C=O) groups is 1. The monoisotopic (exact) mass is 360 g/mol. The minimum absolute atomic E-state index is 0.0840. The van der Waals surface area contributed by atoms with E-state index in [9.17, 15) is 13.6 Å². The quantitative estimate of drug-likeness (QED) is 0.723. The van der Waals surface area contributed by atoms with Crippen molar-refractivity contribution in [3.05, 3.63) is 77.2 Å². The van der Waals surface area contributed by atoms with Gasteiger partial charge in [-0.3, -0.25) is 4.79 Å². The van der Waals surface area contributed by atoms with Crippen LogP contribution in [0.1, 0.15) is 10.5 Å². The molecule has 0 aliphatic carbocycles. The molecule has 1 amide bonds. The maximum absolute atomic E-state index is 13.6. The maximum atomic E-state index is 13.6. The summed E-state index contributed by atoms with van der Waals surface area (Å²) in [6, 6.07) is 10.3. The number of anilines is 3. The Bertz CT molecular complexity index is 899. The first kappa shape index (κ1) is 16.8. The van der Waals surface area contributed by atoms with E-state index in [1.807, 2.05) is 0 Å². The Morgan fingerprint density at radius 1 is 1.00 bits per heavy atom. The molecule has 0 bridgehead atoms. The second kappa shape index (κ2) is 7.23. The van der Waals surface area contributed by atoms with E-state index in [0.29, 0.717) is 16.5 Å². The fourth-order valence-corrected chi connectivity index (χ4v) is 2.21. The number of amides is 1. The molecule has 0 atom stereocenters. The van der Waals surface area contributed by atoms with E-state index in [4.69, 9.17) is 11.6 Å². The lowest BCUT2D eigenvalue weighted by Gasteiger charge is -2.08. The maximum Gasteiger partial charge on any atom is 0.276 e. The molecule has 0 saturated heterocycles. The zero-order chi connectivity index (χ0) is 17.8. The number of aromatic nitrogens is 2. The van der Waals surface area contributed by atoms with E-state index in [0.717, 1.165) is 12.1 Å². The van der Waals surface area contributed by atoms with Crippen LogP contribution in [-0.2, 0) is 0 Å². The number of rotatable bonds is 4. The number of benzene rings is 2. The molecule has 0 aliphatic rings. The lowest BCUT2D eigenvalue weighted by Crippen LogP contribution is -2.16. The number of hydrogen-bond acceptors (Lipinski definition) is 4. The average Bonchev–Trinajstić information content (AvgIpc) is 2.59. The topological polar surface area (TPSA) is 66.9 Å². The predicted molar refractivity (Wildman–Crippen MR) is 91.1 cm³/mol. The van der Waals surface area contributed by atoms with E-state index in [1.54, 1.807) is 24.3 Å². The minimum atomic E-state index is -0.874. The smallest absolute Gasteiger partial charge is 0.276 e. The molecule has 0 fully saturated rings. The van der Waals surface area contributed by atoms with Gasteiger partial charge >= 0.3 is 0 Å². The summed E-state index contributed by atoms with van der Waals surface area (Å²) < 4.78 is 27.1. The molecule has 8 heteroatoms. The highest BCUT2D eigenvalue weighted by molar-refractivity contribution is 6.30. The standard InChI is InChI=1S/C17H11ClF2N4O/c18-10-3-1-4-11(7-10)23-15-9-21-14(8-22-15)17(25)24-16-12(19)5-2-6-13(16)20/h1-9H,(H,22,23)(H,24,25). The minimum Gasteiger partial charge on any atom is -0.339 e. The van der Waals surface area contributed by atoms with Gasteiger partial charge in [0.1, 0.15) is 28.8 Å². The normalized spacial score (nSPS) is 10.4. The van der Waals surface area contributed by atoms with Gasteiger partial charge in [0.05, 0.1) is 12.4 Å². The van der Waals surface area contributed by atoms with Gasteiger partial charge < -0.3 is 10.6 Å². The Hall–Kier alpha value is -3.06. The van der Waals surface area contributed by atoms with Crippen molar-refractivity contribution in [2.75, 3.05) is 10.6 Å². The molecular weight excluding hydrogens is 350 g/mol. The molecule has 126 valence electrons. The number of halogens is 3. The Morgan fingerprint density at radius 3 is 2.36 bits per heavy atom. The van der Waals surface area contributed by atoms with Gasteiger partial charge in [-0.25, -0.2) is 18.7 Å². The number of hydrogen-bond donors (Lipinski definition) is 2. The summed E-state index contributed by atoms with van der Waals surface area (Å²) in [6.45, 7) is 0. The summed E-state index contributed by atoms with van der Waals surface area (Å²) in [6.07, 6.45) is 2.52. The fraction of sp³-hybridized carbons (Fsp3) is 0. The van der Waals surface area contributed by atoms with Crippen LogP contribution >= 0.6 is 11.6 Å². The third kappa shape index (κ3) is 4.07. The van der Waals surface area contributed by atoms with Crippen molar-refractivity contribution in [2.24, 2.45) is 0 Å². The lowest BCUT2D eigenvalue weighted by molar-refractivity contribution is 0.102. The second-order valence-corrected chi connectivity index (χ2v) is 5.41. The largest absolute Gasteiger partial charge is 0.339 e. The van der Waals surface area contributed by atoms with Crippen molar-refractivity contribution in [1.82, 2.24) is 9.97 Å². The van der Waals surface area contributed by atoms with Crippen LogP contribution in [0.15, 0.2) is 54.9 Å². The first-order chi connectivity index (χ1) is 12.0. The molecule has 0 unspecified atom stereocenters. The van der Waals surface area contributed by atoms with Crippen LogP contribution < -0.4 is 10.6 Å². The average molecular weight is 361 g/mol. The van der Waals surface area contributed by atoms with Crippen LogP contribution in [0.25, 0.3) is 0 Å². The number of carbonyl (C=O) groups excluding carboxylic acids is 1. The van der Waals surface area contributed by atoms with Gasteiger partial charge in [0.2, 0.25) is 0 Å². The molecule has 0 saturated carbocycles. The summed E-state index contributed by atoms with van der Waals surface area (Å²) in [5.74, 6) is -2.14. The summed E-state index contributed by atoms with van der Waals surface area (Å²) in [7, 11) is 0. The van der Waals surface area contributed by atoms with Crippen LogP contribution in [-0.4, -0.2) is 15.9 Å². The fourth-order valence-electron chi connectivity index (χ4n) is 2.02. The zero-order valence-corrected chi connectivity index (χ0v) is 13.4. The molecule has 0 radical (unpaired) electrons. The summed E-state index contributed by atoms with van der Waals surface area (Å²) in [5.41, 5.74) is 0.0853. The number of nitrogens with one attached hydrogen (secondary N) is 2. The van der Waals surface area contributed by atoms with Gasteiger partial charge in [-0.15, -0.1) is 0 Å². The van der Waals surface area contributed by atoms with E-state index >= 15 is 0 Å². The van der Waals surface area contributed by atoms with Crippen LogP contribution in [0.5, 0.6) is 0 Å². The van der Waals surface area contributed by atoms with Gasteiger partial charge in [0, 0.05) is 10.7 Å². The zero-order valence-electron chi connectivity index (χ0n) is 12.6. The second-order valence-electron chi connectivity index (χ2n) is 4.97. The summed E-state index contributed by atoms with van der Waals surface area (Å²) in [4.78, 5) is 20.0. The van der Waals surface area contributed by atoms with Crippen molar-refractivity contribution in [1.29, 1.82) is 0 Å². The summed E-state index contributed by atoms with van der Waals surface area (Å²) in [5, 5.41) is 5.67. The number of para-hydroxylation sites is 1. The predicted octanol–water partition coefficient (Wildman–Crippen LogP) is 4.40. The van der Waals surface area contributed by atoms with E-state index in [2.05, 4.69) is 20.6 Å². The Kier molecular flexibility index (Phi) is 4.85. The van der Waals surface area contributed by atoms with Gasteiger partial charge in [-0.2, -0.15) is 0 Å².